The maximum atomic E-state index is 12.4. The van der Waals surface area contributed by atoms with E-state index in [1.165, 1.54) is 0 Å². The molecule has 3 rings (SSSR count). The molecule has 2 atom stereocenters. The quantitative estimate of drug-likeness (QED) is 0.844. The molecule has 1 aromatic carbocycles. The minimum Gasteiger partial charge on any atom is -0.486 e. The molecule has 4 heteroatoms. The first-order valence-corrected chi connectivity index (χ1v) is 7.03. The number of rotatable bonds is 4. The van der Waals surface area contributed by atoms with Crippen molar-refractivity contribution in [3.63, 3.8) is 0 Å². The van der Waals surface area contributed by atoms with Crippen molar-refractivity contribution < 1.29 is 14.3 Å². The van der Waals surface area contributed by atoms with Crippen molar-refractivity contribution in [2.24, 2.45) is 11.8 Å². The van der Waals surface area contributed by atoms with E-state index in [0.717, 1.165) is 12.8 Å². The molecule has 4 nitrogen and oxygen atoms in total. The maximum absolute atomic E-state index is 12.4. The Morgan fingerprint density at radius 2 is 2.00 bits per heavy atom. The molecule has 1 aliphatic heterocycles. The number of carbonyl (C=O) groups is 1. The van der Waals surface area contributed by atoms with Gasteiger partial charge in [0.15, 0.2) is 17.3 Å². The molecular formula is C16H17NO3. The Balaban J connectivity index is 1.85. The predicted octanol–water partition coefficient (Wildman–Crippen LogP) is 2.68. The van der Waals surface area contributed by atoms with E-state index in [-0.39, 0.29) is 11.7 Å². The highest BCUT2D eigenvalue weighted by Crippen LogP contribution is 2.40. The van der Waals surface area contributed by atoms with Crippen LogP contribution in [0.2, 0.25) is 0 Å². The Labute approximate surface area is 118 Å². The van der Waals surface area contributed by atoms with Crippen LogP contribution >= 0.6 is 0 Å². The van der Waals surface area contributed by atoms with Crippen molar-refractivity contribution >= 4 is 5.78 Å². The molecular weight excluding hydrogens is 254 g/mol. The second-order valence-corrected chi connectivity index (χ2v) is 5.49. The maximum Gasteiger partial charge on any atom is 0.161 e. The predicted molar refractivity (Wildman–Crippen MR) is 72.7 cm³/mol. The number of nitriles is 1. The molecule has 1 aromatic rings. The van der Waals surface area contributed by atoms with Crippen LogP contribution in [0.3, 0.4) is 0 Å². The van der Waals surface area contributed by atoms with Gasteiger partial charge in [-0.05, 0) is 36.5 Å². The number of hydrogen-bond donors (Lipinski definition) is 0. The zero-order chi connectivity index (χ0) is 14.1. The van der Waals surface area contributed by atoms with Crippen LogP contribution in [0.15, 0.2) is 18.2 Å². The van der Waals surface area contributed by atoms with Gasteiger partial charge in [0.05, 0.1) is 6.07 Å². The van der Waals surface area contributed by atoms with Crippen molar-refractivity contribution in [2.75, 3.05) is 13.2 Å². The number of hydrogen-bond acceptors (Lipinski definition) is 4. The SMILES string of the molecule is CC(C(=O)C(C#N)c1ccc2c(c1)OCCO2)C1CC1. The van der Waals surface area contributed by atoms with E-state index in [9.17, 15) is 10.1 Å². The molecule has 20 heavy (non-hydrogen) atoms. The molecule has 1 heterocycles. The molecule has 1 aliphatic carbocycles. The summed E-state index contributed by atoms with van der Waals surface area (Å²) in [5.74, 6) is 1.05. The van der Waals surface area contributed by atoms with Gasteiger partial charge in [0.25, 0.3) is 0 Å². The lowest BCUT2D eigenvalue weighted by Crippen LogP contribution is -2.21. The average molecular weight is 271 g/mol. The summed E-state index contributed by atoms with van der Waals surface area (Å²) >= 11 is 0. The fourth-order valence-electron chi connectivity index (χ4n) is 2.63. The summed E-state index contributed by atoms with van der Waals surface area (Å²) in [5, 5.41) is 9.36. The molecule has 0 radical (unpaired) electrons. The van der Waals surface area contributed by atoms with E-state index >= 15 is 0 Å². The van der Waals surface area contributed by atoms with Crippen LogP contribution in [0.1, 0.15) is 31.2 Å². The largest absolute Gasteiger partial charge is 0.486 e. The van der Waals surface area contributed by atoms with E-state index in [0.29, 0.717) is 36.2 Å². The van der Waals surface area contributed by atoms with Gasteiger partial charge in [-0.15, -0.1) is 0 Å². The molecule has 2 unspecified atom stereocenters. The summed E-state index contributed by atoms with van der Waals surface area (Å²) in [6.07, 6.45) is 2.21. The summed E-state index contributed by atoms with van der Waals surface area (Å²) in [6, 6.07) is 7.48. The number of benzene rings is 1. The molecule has 1 fully saturated rings. The average Bonchev–Trinajstić information content (AvgIpc) is 3.31. The third-order valence-electron chi connectivity index (χ3n) is 4.09. The van der Waals surface area contributed by atoms with Gasteiger partial charge in [0.1, 0.15) is 19.1 Å². The molecule has 1 saturated carbocycles. The van der Waals surface area contributed by atoms with Gasteiger partial charge in [0, 0.05) is 5.92 Å². The van der Waals surface area contributed by atoms with Crippen LogP contribution in [-0.2, 0) is 4.79 Å². The van der Waals surface area contributed by atoms with Gasteiger partial charge in [-0.1, -0.05) is 13.0 Å². The lowest BCUT2D eigenvalue weighted by Gasteiger charge is -2.20. The van der Waals surface area contributed by atoms with Gasteiger partial charge in [-0.3, -0.25) is 4.79 Å². The monoisotopic (exact) mass is 271 g/mol. The molecule has 104 valence electrons. The number of Topliss-reactive ketones (excluding diaryl/α,β-unsaturated/α-hetero) is 1. The van der Waals surface area contributed by atoms with Crippen molar-refractivity contribution in [2.45, 2.75) is 25.7 Å². The summed E-state index contributed by atoms with van der Waals surface area (Å²) in [7, 11) is 0. The number of nitrogens with zero attached hydrogens (tertiary/aromatic N) is 1. The second-order valence-electron chi connectivity index (χ2n) is 5.49. The van der Waals surface area contributed by atoms with Crippen molar-refractivity contribution in [3.05, 3.63) is 23.8 Å². The van der Waals surface area contributed by atoms with E-state index in [1.54, 1.807) is 18.2 Å². The number of ketones is 1. The van der Waals surface area contributed by atoms with Crippen LogP contribution in [0.4, 0.5) is 0 Å². The molecule has 0 bridgehead atoms. The zero-order valence-corrected chi connectivity index (χ0v) is 11.5. The fourth-order valence-corrected chi connectivity index (χ4v) is 2.63. The summed E-state index contributed by atoms with van der Waals surface area (Å²) in [5.41, 5.74) is 0.703. The Hall–Kier alpha value is -2.02. The lowest BCUT2D eigenvalue weighted by molar-refractivity contribution is -0.123. The van der Waals surface area contributed by atoms with Gasteiger partial charge in [-0.2, -0.15) is 5.26 Å². The Morgan fingerprint density at radius 1 is 1.30 bits per heavy atom. The number of fused-ring (bicyclic) bond motifs is 1. The molecule has 0 N–H and O–H groups in total. The van der Waals surface area contributed by atoms with Crippen LogP contribution in [0, 0.1) is 23.2 Å². The second kappa shape index (κ2) is 5.16. The van der Waals surface area contributed by atoms with Crippen LogP contribution < -0.4 is 9.47 Å². The minimum atomic E-state index is -0.707. The Morgan fingerprint density at radius 3 is 2.65 bits per heavy atom. The Bertz CT molecular complexity index is 572. The standard InChI is InChI=1S/C16H17NO3/c1-10(11-2-3-11)16(18)13(9-17)12-4-5-14-15(8-12)20-7-6-19-14/h4-5,8,10-11,13H,2-3,6-7H2,1H3. The fraction of sp³-hybridized carbons (Fsp3) is 0.500. The Kier molecular flexibility index (Phi) is 3.35. The third-order valence-corrected chi connectivity index (χ3v) is 4.09. The molecule has 0 spiro atoms. The number of ether oxygens (including phenoxy) is 2. The number of carbonyl (C=O) groups excluding carboxylic acids is 1. The first kappa shape index (κ1) is 13.0. The summed E-state index contributed by atoms with van der Waals surface area (Å²) in [6.45, 7) is 2.97. The van der Waals surface area contributed by atoms with E-state index < -0.39 is 5.92 Å². The van der Waals surface area contributed by atoms with Crippen LogP contribution in [0.25, 0.3) is 0 Å². The van der Waals surface area contributed by atoms with Gasteiger partial charge >= 0.3 is 0 Å². The topological polar surface area (TPSA) is 59.3 Å². The lowest BCUT2D eigenvalue weighted by atomic mass is 9.86. The summed E-state index contributed by atoms with van der Waals surface area (Å²) in [4.78, 5) is 12.4. The highest BCUT2D eigenvalue weighted by Gasteiger charge is 2.36. The molecule has 0 amide bonds. The summed E-state index contributed by atoms with van der Waals surface area (Å²) < 4.78 is 11.0. The first-order valence-electron chi connectivity index (χ1n) is 7.03. The van der Waals surface area contributed by atoms with Gasteiger partial charge < -0.3 is 9.47 Å². The highest BCUT2D eigenvalue weighted by atomic mass is 16.6. The van der Waals surface area contributed by atoms with Crippen molar-refractivity contribution in [1.29, 1.82) is 5.26 Å². The minimum absolute atomic E-state index is 0.0201. The zero-order valence-electron chi connectivity index (χ0n) is 11.5. The molecule has 0 aromatic heterocycles. The van der Waals surface area contributed by atoms with Crippen LogP contribution in [0.5, 0.6) is 11.5 Å². The first-order chi connectivity index (χ1) is 9.70. The third kappa shape index (κ3) is 2.36. The van der Waals surface area contributed by atoms with Gasteiger partial charge in [-0.25, -0.2) is 0 Å². The van der Waals surface area contributed by atoms with Crippen molar-refractivity contribution in [1.82, 2.24) is 0 Å². The normalized spacial score (nSPS) is 19.8. The van der Waals surface area contributed by atoms with E-state index in [2.05, 4.69) is 6.07 Å². The van der Waals surface area contributed by atoms with Crippen LogP contribution in [-0.4, -0.2) is 19.0 Å². The smallest absolute Gasteiger partial charge is 0.161 e. The highest BCUT2D eigenvalue weighted by molar-refractivity contribution is 5.90. The van der Waals surface area contributed by atoms with Gasteiger partial charge in [0.2, 0.25) is 0 Å². The van der Waals surface area contributed by atoms with E-state index in [4.69, 9.17) is 9.47 Å². The molecule has 0 saturated heterocycles. The van der Waals surface area contributed by atoms with Crippen molar-refractivity contribution in [3.8, 4) is 17.6 Å². The van der Waals surface area contributed by atoms with E-state index in [1.807, 2.05) is 6.92 Å². The molecule has 2 aliphatic rings.